The summed E-state index contributed by atoms with van der Waals surface area (Å²) in [5, 5.41) is 15.8. The van der Waals surface area contributed by atoms with Crippen LogP contribution in [0.25, 0.3) is 11.3 Å². The third-order valence-corrected chi connectivity index (χ3v) is 6.35. The first-order valence-corrected chi connectivity index (χ1v) is 12.3. The maximum absolute atomic E-state index is 13.1. The molecule has 0 bridgehead atoms. The van der Waals surface area contributed by atoms with Gasteiger partial charge in [-0.3, -0.25) is 9.59 Å². The average molecular weight is 554 g/mol. The number of rotatable bonds is 9. The summed E-state index contributed by atoms with van der Waals surface area (Å²) in [6.07, 6.45) is 1.68. The van der Waals surface area contributed by atoms with Crippen LogP contribution in [0.1, 0.15) is 41.4 Å². The van der Waals surface area contributed by atoms with Gasteiger partial charge < -0.3 is 25.4 Å². The molecule has 0 saturated carbocycles. The predicted molar refractivity (Wildman–Crippen MR) is 140 cm³/mol. The topological polar surface area (TPSA) is 117 Å². The van der Waals surface area contributed by atoms with Gasteiger partial charge in [0.2, 0.25) is 11.9 Å². The number of benzene rings is 2. The van der Waals surface area contributed by atoms with Crippen LogP contribution in [-0.2, 0) is 11.3 Å². The molecule has 2 aromatic carbocycles. The molecule has 0 saturated heterocycles. The van der Waals surface area contributed by atoms with Gasteiger partial charge in [-0.25, -0.2) is 9.97 Å². The molecule has 0 spiro atoms. The van der Waals surface area contributed by atoms with Crippen LogP contribution in [0.3, 0.4) is 0 Å². The zero-order chi connectivity index (χ0) is 25.8. The van der Waals surface area contributed by atoms with Crippen LogP contribution < -0.4 is 15.4 Å². The summed E-state index contributed by atoms with van der Waals surface area (Å²) in [4.78, 5) is 36.3. The molecule has 3 N–H and O–H groups in total. The molecule has 3 aromatic rings. The Balaban J connectivity index is 1.47. The first-order chi connectivity index (χ1) is 17.3. The number of aliphatic hydroxyl groups is 1. The molecule has 36 heavy (non-hydrogen) atoms. The van der Waals surface area contributed by atoms with Gasteiger partial charge in [0, 0.05) is 29.9 Å². The number of carbonyl (C=O) groups is 2. The number of aliphatic hydroxyl groups excluding tert-OH is 1. The number of anilines is 1. The van der Waals surface area contributed by atoms with Crippen molar-refractivity contribution in [1.29, 1.82) is 0 Å². The molecule has 188 valence electrons. The van der Waals surface area contributed by atoms with Gasteiger partial charge in [0.25, 0.3) is 5.91 Å². The molecule has 0 unspecified atom stereocenters. The lowest BCUT2D eigenvalue weighted by atomic mass is 10.0. The van der Waals surface area contributed by atoms with E-state index >= 15 is 0 Å². The Hall–Kier alpha value is -3.50. The lowest BCUT2D eigenvalue weighted by Gasteiger charge is -2.20. The lowest BCUT2D eigenvalue weighted by Crippen LogP contribution is -2.40. The van der Waals surface area contributed by atoms with Crippen LogP contribution in [0.4, 0.5) is 5.95 Å². The van der Waals surface area contributed by atoms with E-state index in [0.717, 1.165) is 11.1 Å². The first kappa shape index (κ1) is 25.6. The van der Waals surface area contributed by atoms with E-state index in [1.165, 1.54) is 4.90 Å². The Morgan fingerprint density at radius 3 is 2.78 bits per heavy atom. The maximum atomic E-state index is 13.1. The van der Waals surface area contributed by atoms with Crippen molar-refractivity contribution >= 4 is 33.7 Å². The van der Waals surface area contributed by atoms with Crippen molar-refractivity contribution in [2.45, 2.75) is 32.5 Å². The normalized spacial score (nSPS) is 13.5. The van der Waals surface area contributed by atoms with Gasteiger partial charge in [-0.15, -0.1) is 0 Å². The largest absolute Gasteiger partial charge is 0.497 e. The minimum atomic E-state index is -0.608. The lowest BCUT2D eigenvalue weighted by molar-refractivity contribution is -0.122. The molecule has 0 radical (unpaired) electrons. The van der Waals surface area contributed by atoms with Crippen LogP contribution in [0.15, 0.2) is 53.1 Å². The molecule has 1 aromatic heterocycles. The van der Waals surface area contributed by atoms with Gasteiger partial charge >= 0.3 is 0 Å². The van der Waals surface area contributed by atoms with Crippen LogP contribution in [0, 0.1) is 0 Å². The fraction of sp³-hybridized carbons (Fsp3) is 0.308. The standard InChI is InChI=1S/C26H28BrN5O4/c1-15(2)29-26-28-11-21(27)24(31-26)17-7-8-18-12-32(25(35)20(18)10-17)13-23(34)30-22(14-33)16-5-4-6-19(9-16)36-3/h4-11,15,22,33H,12-14H2,1-3H3,(H,30,34)(H,28,29,31)/t22-/m1/s1. The maximum Gasteiger partial charge on any atom is 0.254 e. The second kappa shape index (κ2) is 11.0. The number of nitrogens with one attached hydrogen (secondary N) is 2. The summed E-state index contributed by atoms with van der Waals surface area (Å²) in [5.41, 5.74) is 3.54. The Morgan fingerprint density at radius 2 is 2.06 bits per heavy atom. The zero-order valence-corrected chi connectivity index (χ0v) is 21.9. The minimum absolute atomic E-state index is 0.122. The van der Waals surface area contributed by atoms with E-state index in [0.29, 0.717) is 39.5 Å². The summed E-state index contributed by atoms with van der Waals surface area (Å²) in [5.74, 6) is 0.544. The van der Waals surface area contributed by atoms with Crippen molar-refractivity contribution in [2.75, 3.05) is 25.6 Å². The number of methoxy groups -OCH3 is 1. The molecule has 2 heterocycles. The van der Waals surface area contributed by atoms with Crippen molar-refractivity contribution in [2.24, 2.45) is 0 Å². The van der Waals surface area contributed by atoms with Gasteiger partial charge in [0.15, 0.2) is 0 Å². The highest BCUT2D eigenvalue weighted by molar-refractivity contribution is 9.10. The SMILES string of the molecule is COc1cccc([C@@H](CO)NC(=O)CN2Cc3ccc(-c4nc(NC(C)C)ncc4Br)cc3C2=O)c1. The summed E-state index contributed by atoms with van der Waals surface area (Å²) in [6, 6.07) is 12.3. The van der Waals surface area contributed by atoms with E-state index in [1.807, 2.05) is 26.0 Å². The van der Waals surface area contributed by atoms with E-state index in [2.05, 4.69) is 36.5 Å². The number of halogens is 1. The number of aromatic nitrogens is 2. The quantitative estimate of drug-likeness (QED) is 0.371. The average Bonchev–Trinajstić information content (AvgIpc) is 3.17. The molecule has 2 amide bonds. The van der Waals surface area contributed by atoms with Crippen LogP contribution in [-0.4, -0.2) is 58.1 Å². The second-order valence-electron chi connectivity index (χ2n) is 8.80. The number of hydrogen-bond donors (Lipinski definition) is 3. The highest BCUT2D eigenvalue weighted by atomic mass is 79.9. The highest BCUT2D eigenvalue weighted by Crippen LogP contribution is 2.31. The van der Waals surface area contributed by atoms with Gasteiger partial charge in [0.05, 0.1) is 29.9 Å². The predicted octanol–water partition coefficient (Wildman–Crippen LogP) is 3.54. The molecule has 9 nitrogen and oxygen atoms in total. The van der Waals surface area contributed by atoms with Crippen LogP contribution >= 0.6 is 15.9 Å². The summed E-state index contributed by atoms with van der Waals surface area (Å²) in [7, 11) is 1.55. The third kappa shape index (κ3) is 5.66. The molecule has 1 aliphatic heterocycles. The van der Waals surface area contributed by atoms with Crippen LogP contribution in [0.5, 0.6) is 5.75 Å². The molecule has 0 aliphatic carbocycles. The van der Waals surface area contributed by atoms with Gasteiger partial charge in [0.1, 0.15) is 12.3 Å². The summed E-state index contributed by atoms with van der Waals surface area (Å²) >= 11 is 3.50. The van der Waals surface area contributed by atoms with Crippen molar-refractivity contribution in [3.63, 3.8) is 0 Å². The first-order valence-electron chi connectivity index (χ1n) is 11.5. The number of fused-ring (bicyclic) bond motifs is 1. The van der Waals surface area contributed by atoms with E-state index in [9.17, 15) is 14.7 Å². The number of ether oxygens (including phenoxy) is 1. The smallest absolute Gasteiger partial charge is 0.254 e. The van der Waals surface area contributed by atoms with E-state index in [1.54, 1.807) is 43.6 Å². The Labute approximate surface area is 218 Å². The van der Waals surface area contributed by atoms with Crippen molar-refractivity contribution in [1.82, 2.24) is 20.2 Å². The number of carbonyl (C=O) groups excluding carboxylic acids is 2. The minimum Gasteiger partial charge on any atom is -0.497 e. The molecule has 1 atom stereocenters. The fourth-order valence-electron chi connectivity index (χ4n) is 4.04. The van der Waals surface area contributed by atoms with Gasteiger partial charge in [-0.2, -0.15) is 0 Å². The van der Waals surface area contributed by atoms with E-state index in [4.69, 9.17) is 4.74 Å². The number of hydrogen-bond acceptors (Lipinski definition) is 7. The van der Waals surface area contributed by atoms with Gasteiger partial charge in [-0.05, 0) is 59.1 Å². The van der Waals surface area contributed by atoms with E-state index in [-0.39, 0.29) is 31.0 Å². The van der Waals surface area contributed by atoms with Gasteiger partial charge in [-0.1, -0.05) is 24.3 Å². The molecule has 10 heteroatoms. The zero-order valence-electron chi connectivity index (χ0n) is 20.3. The third-order valence-electron chi connectivity index (χ3n) is 5.77. The number of nitrogens with zero attached hydrogens (tertiary/aromatic N) is 3. The monoisotopic (exact) mass is 553 g/mol. The fourth-order valence-corrected chi connectivity index (χ4v) is 4.46. The molecule has 4 rings (SSSR count). The summed E-state index contributed by atoms with van der Waals surface area (Å²) < 4.78 is 5.94. The Bertz CT molecular complexity index is 1280. The summed E-state index contributed by atoms with van der Waals surface area (Å²) in [6.45, 7) is 3.93. The molecule has 1 aliphatic rings. The van der Waals surface area contributed by atoms with E-state index < -0.39 is 6.04 Å². The molecular weight excluding hydrogens is 526 g/mol. The molecule has 0 fully saturated rings. The highest BCUT2D eigenvalue weighted by Gasteiger charge is 2.30. The molecular formula is C26H28BrN5O4. The number of amides is 2. The Kier molecular flexibility index (Phi) is 7.85. The van der Waals surface area contributed by atoms with Crippen molar-refractivity contribution < 1.29 is 19.4 Å². The van der Waals surface area contributed by atoms with Crippen LogP contribution in [0.2, 0.25) is 0 Å². The van der Waals surface area contributed by atoms with Crippen molar-refractivity contribution in [3.05, 3.63) is 69.8 Å². The second-order valence-corrected chi connectivity index (χ2v) is 9.66. The Morgan fingerprint density at radius 1 is 1.25 bits per heavy atom. The van der Waals surface area contributed by atoms with Crippen molar-refractivity contribution in [3.8, 4) is 17.0 Å².